The van der Waals surface area contributed by atoms with Crippen molar-refractivity contribution in [3.8, 4) is 0 Å². The van der Waals surface area contributed by atoms with Crippen molar-refractivity contribution in [3.63, 3.8) is 0 Å². The van der Waals surface area contributed by atoms with Gasteiger partial charge < -0.3 is 5.32 Å². The van der Waals surface area contributed by atoms with Crippen LogP contribution in [0.4, 0.5) is 0 Å². The van der Waals surface area contributed by atoms with Gasteiger partial charge in [-0.25, -0.2) is 9.97 Å². The van der Waals surface area contributed by atoms with Crippen molar-refractivity contribution in [2.45, 2.75) is 39.3 Å². The van der Waals surface area contributed by atoms with Gasteiger partial charge in [0.05, 0.1) is 0 Å². The second-order valence-corrected chi connectivity index (χ2v) is 6.80. The number of rotatable bonds is 4. The molecule has 0 aliphatic carbocycles. The monoisotopic (exact) mass is 323 g/mol. The quantitative estimate of drug-likeness (QED) is 0.913. The van der Waals surface area contributed by atoms with Gasteiger partial charge in [0, 0.05) is 46.5 Å². The molecule has 0 saturated carbocycles. The number of hydrogen-bond acceptors (Lipinski definition) is 3. The summed E-state index contributed by atoms with van der Waals surface area (Å²) < 4.78 is 0. The Balaban J connectivity index is 2.06. The molecule has 2 rings (SSSR count). The molecular formula is C16H19Cl2N3. The lowest BCUT2D eigenvalue weighted by Crippen LogP contribution is -2.35. The van der Waals surface area contributed by atoms with E-state index in [0.717, 1.165) is 17.7 Å². The van der Waals surface area contributed by atoms with Crippen LogP contribution in [0.25, 0.3) is 0 Å². The lowest BCUT2D eigenvalue weighted by Gasteiger charge is -2.20. The molecule has 1 heterocycles. The van der Waals surface area contributed by atoms with Crippen molar-refractivity contribution in [2.75, 3.05) is 0 Å². The molecule has 112 valence electrons. The standard InChI is InChI=1S/C16H19Cl2N3/c1-16(2,3)21-10-11-8-19-15(20-9-11)7-12-13(17)5-4-6-14(12)18/h4-6,8-9,21H,7,10H2,1-3H3. The van der Waals surface area contributed by atoms with E-state index in [1.165, 1.54) is 0 Å². The van der Waals surface area contributed by atoms with Crippen LogP contribution in [-0.2, 0) is 13.0 Å². The fraction of sp³-hybridized carbons (Fsp3) is 0.375. The third-order valence-corrected chi connectivity index (χ3v) is 3.69. The fourth-order valence-electron chi connectivity index (χ4n) is 1.79. The maximum Gasteiger partial charge on any atom is 0.132 e. The summed E-state index contributed by atoms with van der Waals surface area (Å²) in [5.74, 6) is 0.713. The zero-order chi connectivity index (χ0) is 15.5. The Bertz CT molecular complexity index is 584. The molecule has 0 amide bonds. The van der Waals surface area contributed by atoms with Crippen LogP contribution in [0, 0.1) is 0 Å². The van der Waals surface area contributed by atoms with Crippen molar-refractivity contribution in [1.82, 2.24) is 15.3 Å². The van der Waals surface area contributed by atoms with Crippen LogP contribution in [0.15, 0.2) is 30.6 Å². The molecule has 0 atom stereocenters. The van der Waals surface area contributed by atoms with Gasteiger partial charge in [-0.2, -0.15) is 0 Å². The number of aromatic nitrogens is 2. The highest BCUT2D eigenvalue weighted by atomic mass is 35.5. The van der Waals surface area contributed by atoms with Gasteiger partial charge in [-0.05, 0) is 38.5 Å². The Morgan fingerprint density at radius 3 is 2.14 bits per heavy atom. The molecule has 1 aromatic carbocycles. The SMILES string of the molecule is CC(C)(C)NCc1cnc(Cc2c(Cl)cccc2Cl)nc1. The van der Waals surface area contributed by atoms with E-state index in [1.54, 1.807) is 0 Å². The first kappa shape index (κ1) is 16.2. The van der Waals surface area contributed by atoms with Gasteiger partial charge in [0.1, 0.15) is 5.82 Å². The predicted octanol–water partition coefficient (Wildman–Crippen LogP) is 4.26. The molecule has 0 fully saturated rings. The van der Waals surface area contributed by atoms with Crippen LogP contribution in [0.3, 0.4) is 0 Å². The Hall–Kier alpha value is -1.16. The first-order valence-electron chi connectivity index (χ1n) is 6.83. The molecule has 0 spiro atoms. The lowest BCUT2D eigenvalue weighted by molar-refractivity contribution is 0.423. The summed E-state index contributed by atoms with van der Waals surface area (Å²) >= 11 is 12.3. The highest BCUT2D eigenvalue weighted by molar-refractivity contribution is 6.36. The van der Waals surface area contributed by atoms with E-state index < -0.39 is 0 Å². The lowest BCUT2D eigenvalue weighted by atomic mass is 10.1. The van der Waals surface area contributed by atoms with Gasteiger partial charge >= 0.3 is 0 Å². The van der Waals surface area contributed by atoms with Crippen LogP contribution >= 0.6 is 23.2 Å². The number of hydrogen-bond donors (Lipinski definition) is 1. The molecule has 0 unspecified atom stereocenters. The molecule has 0 aliphatic heterocycles. The van der Waals surface area contributed by atoms with Gasteiger partial charge in [-0.15, -0.1) is 0 Å². The van der Waals surface area contributed by atoms with E-state index in [1.807, 2.05) is 30.6 Å². The smallest absolute Gasteiger partial charge is 0.132 e. The van der Waals surface area contributed by atoms with Crippen LogP contribution in [0.5, 0.6) is 0 Å². The van der Waals surface area contributed by atoms with Gasteiger partial charge in [0.2, 0.25) is 0 Å². The first-order valence-corrected chi connectivity index (χ1v) is 7.58. The molecule has 5 heteroatoms. The van der Waals surface area contributed by atoms with Gasteiger partial charge in [0.15, 0.2) is 0 Å². The Morgan fingerprint density at radius 2 is 1.62 bits per heavy atom. The van der Waals surface area contributed by atoms with Crippen LogP contribution in [0.1, 0.15) is 37.7 Å². The van der Waals surface area contributed by atoms with E-state index in [2.05, 4.69) is 36.1 Å². The number of nitrogens with zero attached hydrogens (tertiary/aromatic N) is 2. The molecule has 1 aromatic heterocycles. The largest absolute Gasteiger partial charge is 0.308 e. The van der Waals surface area contributed by atoms with E-state index in [-0.39, 0.29) is 5.54 Å². The number of benzene rings is 1. The normalized spacial score (nSPS) is 11.7. The zero-order valence-corrected chi connectivity index (χ0v) is 14.0. The minimum absolute atomic E-state index is 0.0732. The highest BCUT2D eigenvalue weighted by Crippen LogP contribution is 2.25. The van der Waals surface area contributed by atoms with Crippen LogP contribution < -0.4 is 5.32 Å². The van der Waals surface area contributed by atoms with Crippen molar-refractivity contribution >= 4 is 23.2 Å². The van der Waals surface area contributed by atoms with Crippen LogP contribution in [0.2, 0.25) is 10.0 Å². The summed E-state index contributed by atoms with van der Waals surface area (Å²) in [6.45, 7) is 7.13. The Labute approximate surface area is 135 Å². The topological polar surface area (TPSA) is 37.8 Å². The second kappa shape index (κ2) is 6.73. The van der Waals surface area contributed by atoms with Crippen molar-refractivity contribution in [3.05, 3.63) is 57.6 Å². The second-order valence-electron chi connectivity index (χ2n) is 5.99. The average Bonchev–Trinajstić information content (AvgIpc) is 2.41. The van der Waals surface area contributed by atoms with Crippen LogP contribution in [-0.4, -0.2) is 15.5 Å². The molecule has 0 aliphatic rings. The molecule has 0 radical (unpaired) electrons. The van der Waals surface area contributed by atoms with Gasteiger partial charge in [0.25, 0.3) is 0 Å². The number of nitrogens with one attached hydrogen (secondary N) is 1. The third kappa shape index (κ3) is 4.95. The molecule has 0 bridgehead atoms. The average molecular weight is 324 g/mol. The van der Waals surface area contributed by atoms with Crippen molar-refractivity contribution in [1.29, 1.82) is 0 Å². The summed E-state index contributed by atoms with van der Waals surface area (Å²) in [5, 5.41) is 4.69. The van der Waals surface area contributed by atoms with Crippen molar-refractivity contribution < 1.29 is 0 Å². The van der Waals surface area contributed by atoms with E-state index in [0.29, 0.717) is 22.3 Å². The first-order chi connectivity index (χ1) is 9.85. The highest BCUT2D eigenvalue weighted by Gasteiger charge is 2.10. The summed E-state index contributed by atoms with van der Waals surface area (Å²) in [6, 6.07) is 5.48. The Kier molecular flexibility index (Phi) is 5.20. The molecule has 21 heavy (non-hydrogen) atoms. The van der Waals surface area contributed by atoms with E-state index in [4.69, 9.17) is 23.2 Å². The fourth-order valence-corrected chi connectivity index (χ4v) is 2.32. The molecule has 1 N–H and O–H groups in total. The van der Waals surface area contributed by atoms with Crippen molar-refractivity contribution in [2.24, 2.45) is 0 Å². The third-order valence-electron chi connectivity index (χ3n) is 2.98. The summed E-state index contributed by atoms with van der Waals surface area (Å²) in [4.78, 5) is 8.78. The molecule has 3 nitrogen and oxygen atoms in total. The van der Waals surface area contributed by atoms with E-state index >= 15 is 0 Å². The maximum atomic E-state index is 6.16. The minimum Gasteiger partial charge on any atom is -0.308 e. The van der Waals surface area contributed by atoms with Gasteiger partial charge in [-0.1, -0.05) is 29.3 Å². The summed E-state index contributed by atoms with van der Waals surface area (Å²) in [6.07, 6.45) is 4.21. The minimum atomic E-state index is 0.0732. The maximum absolute atomic E-state index is 6.16. The predicted molar refractivity (Wildman–Crippen MR) is 87.9 cm³/mol. The summed E-state index contributed by atoms with van der Waals surface area (Å²) in [7, 11) is 0. The zero-order valence-electron chi connectivity index (χ0n) is 12.5. The van der Waals surface area contributed by atoms with Gasteiger partial charge in [-0.3, -0.25) is 0 Å². The Morgan fingerprint density at radius 1 is 1.05 bits per heavy atom. The molecule has 0 saturated heterocycles. The number of halogens is 2. The van der Waals surface area contributed by atoms with E-state index in [9.17, 15) is 0 Å². The summed E-state index contributed by atoms with van der Waals surface area (Å²) in [5.41, 5.74) is 1.99. The molecular weight excluding hydrogens is 305 g/mol. The molecule has 2 aromatic rings.